The number of aromatic amines is 1. The van der Waals surface area contributed by atoms with Gasteiger partial charge < -0.3 is 15.0 Å². The van der Waals surface area contributed by atoms with Crippen molar-refractivity contribution in [3.63, 3.8) is 0 Å². The van der Waals surface area contributed by atoms with Crippen molar-refractivity contribution < 1.29 is 14.3 Å². The van der Waals surface area contributed by atoms with Crippen LogP contribution in [-0.4, -0.2) is 30.0 Å². The predicted octanol–water partition coefficient (Wildman–Crippen LogP) is 3.47. The van der Waals surface area contributed by atoms with Crippen molar-refractivity contribution in [1.29, 1.82) is 0 Å². The first kappa shape index (κ1) is 18.5. The van der Waals surface area contributed by atoms with Crippen molar-refractivity contribution in [3.8, 4) is 0 Å². The summed E-state index contributed by atoms with van der Waals surface area (Å²) in [4.78, 5) is 28.0. The fourth-order valence-electron chi connectivity index (χ4n) is 2.99. The molecule has 5 heteroatoms. The van der Waals surface area contributed by atoms with Crippen LogP contribution in [0.4, 0.5) is 0 Å². The molecule has 1 amide bonds. The first-order valence-corrected chi connectivity index (χ1v) is 8.75. The number of ether oxygens (including phenoxy) is 1. The number of esters is 1. The van der Waals surface area contributed by atoms with Crippen LogP contribution in [0.2, 0.25) is 0 Å². The van der Waals surface area contributed by atoms with E-state index in [1.165, 1.54) is 7.11 Å². The molecule has 1 heterocycles. The minimum atomic E-state index is -0.763. The average Bonchev–Trinajstić information content (AvgIpc) is 3.10. The third kappa shape index (κ3) is 4.44. The van der Waals surface area contributed by atoms with E-state index in [4.69, 9.17) is 4.74 Å². The lowest BCUT2D eigenvalue weighted by atomic mass is 10.0. The van der Waals surface area contributed by atoms with Gasteiger partial charge in [-0.05, 0) is 30.2 Å². The Labute approximate surface area is 158 Å². The summed E-state index contributed by atoms with van der Waals surface area (Å²) in [5, 5.41) is 3.82. The largest absolute Gasteiger partial charge is 0.467 e. The zero-order valence-corrected chi connectivity index (χ0v) is 15.4. The Morgan fingerprint density at radius 1 is 1.11 bits per heavy atom. The van der Waals surface area contributed by atoms with E-state index in [2.05, 4.69) is 10.3 Å². The number of methoxy groups -OCH3 is 1. The maximum absolute atomic E-state index is 12.6. The number of para-hydroxylation sites is 1. The third-order valence-corrected chi connectivity index (χ3v) is 4.43. The van der Waals surface area contributed by atoms with Gasteiger partial charge in [-0.2, -0.15) is 0 Å². The molecule has 0 radical (unpaired) electrons. The lowest BCUT2D eigenvalue weighted by Gasteiger charge is -2.16. The Bertz CT molecular complexity index is 973. The number of rotatable bonds is 6. The second kappa shape index (κ2) is 8.36. The predicted molar refractivity (Wildman–Crippen MR) is 106 cm³/mol. The van der Waals surface area contributed by atoms with Gasteiger partial charge >= 0.3 is 5.97 Å². The summed E-state index contributed by atoms with van der Waals surface area (Å²) in [5.74, 6) is -0.768. The summed E-state index contributed by atoms with van der Waals surface area (Å²) in [6.07, 6.45) is 4.00. The van der Waals surface area contributed by atoms with Gasteiger partial charge in [0.1, 0.15) is 6.04 Å². The van der Waals surface area contributed by atoms with Gasteiger partial charge in [-0.25, -0.2) is 4.79 Å². The molecular weight excluding hydrogens is 340 g/mol. The van der Waals surface area contributed by atoms with Crippen LogP contribution in [0.5, 0.6) is 0 Å². The molecule has 1 atom stereocenters. The molecule has 0 spiro atoms. The number of H-pyrrole nitrogens is 1. The van der Waals surface area contributed by atoms with Gasteiger partial charge in [0, 0.05) is 29.1 Å². The van der Waals surface area contributed by atoms with Crippen molar-refractivity contribution in [2.24, 2.45) is 0 Å². The second-order valence-electron chi connectivity index (χ2n) is 6.35. The molecule has 0 aliphatic heterocycles. The lowest BCUT2D eigenvalue weighted by Crippen LogP contribution is -2.43. The first-order valence-electron chi connectivity index (χ1n) is 8.75. The van der Waals surface area contributed by atoms with E-state index in [9.17, 15) is 9.59 Å². The zero-order chi connectivity index (χ0) is 19.2. The van der Waals surface area contributed by atoms with Crippen LogP contribution in [0.1, 0.15) is 18.1 Å². The highest BCUT2D eigenvalue weighted by Crippen LogP contribution is 2.19. The van der Waals surface area contributed by atoms with Crippen molar-refractivity contribution in [1.82, 2.24) is 10.3 Å². The maximum Gasteiger partial charge on any atom is 0.328 e. The molecule has 2 aromatic carbocycles. The molecule has 0 bridgehead atoms. The monoisotopic (exact) mass is 362 g/mol. The highest BCUT2D eigenvalue weighted by molar-refractivity contribution is 5.99. The number of hydrogen-bond donors (Lipinski definition) is 2. The van der Waals surface area contributed by atoms with E-state index in [-0.39, 0.29) is 5.91 Å². The van der Waals surface area contributed by atoms with Crippen LogP contribution < -0.4 is 5.32 Å². The number of carbonyl (C=O) groups excluding carboxylic acids is 2. The van der Waals surface area contributed by atoms with Gasteiger partial charge in [-0.3, -0.25) is 4.79 Å². The Hall–Kier alpha value is -3.34. The molecule has 5 nitrogen and oxygen atoms in total. The number of nitrogens with one attached hydrogen (secondary N) is 2. The van der Waals surface area contributed by atoms with E-state index in [1.807, 2.05) is 60.8 Å². The summed E-state index contributed by atoms with van der Waals surface area (Å²) >= 11 is 0. The summed E-state index contributed by atoms with van der Waals surface area (Å²) in [5.41, 5.74) is 3.39. The molecule has 0 saturated carbocycles. The Kier molecular flexibility index (Phi) is 5.71. The quantitative estimate of drug-likeness (QED) is 0.521. The molecule has 27 heavy (non-hydrogen) atoms. The number of fused-ring (bicyclic) bond motifs is 1. The molecule has 3 aromatic rings. The van der Waals surface area contributed by atoms with E-state index < -0.39 is 12.0 Å². The SMILES string of the molecule is COC(=O)[C@H](Cc1c[nH]c2ccccc12)NC(=O)C(C)=Cc1ccccc1. The Morgan fingerprint density at radius 3 is 2.56 bits per heavy atom. The van der Waals surface area contributed by atoms with E-state index >= 15 is 0 Å². The molecule has 0 aliphatic carbocycles. The van der Waals surface area contributed by atoms with Crippen molar-refractivity contribution in [2.45, 2.75) is 19.4 Å². The number of amides is 1. The summed E-state index contributed by atoms with van der Waals surface area (Å²) in [6, 6.07) is 16.6. The number of hydrogen-bond acceptors (Lipinski definition) is 3. The molecule has 0 aliphatic rings. The van der Waals surface area contributed by atoms with E-state index in [1.54, 1.807) is 13.0 Å². The molecule has 0 unspecified atom stereocenters. The molecule has 2 N–H and O–H groups in total. The number of carbonyl (C=O) groups is 2. The van der Waals surface area contributed by atoms with Crippen LogP contribution in [0.3, 0.4) is 0 Å². The summed E-state index contributed by atoms with van der Waals surface area (Å²) in [7, 11) is 1.32. The molecule has 3 rings (SSSR count). The fraction of sp³-hybridized carbons (Fsp3) is 0.182. The Balaban J connectivity index is 1.78. The molecule has 138 valence electrons. The van der Waals surface area contributed by atoms with Crippen molar-refractivity contribution >= 4 is 28.9 Å². The number of benzene rings is 2. The smallest absolute Gasteiger partial charge is 0.328 e. The molecule has 1 aromatic heterocycles. The van der Waals surface area contributed by atoms with Crippen LogP contribution in [0.25, 0.3) is 17.0 Å². The summed E-state index contributed by atoms with van der Waals surface area (Å²) in [6.45, 7) is 1.72. The van der Waals surface area contributed by atoms with Gasteiger partial charge in [-0.15, -0.1) is 0 Å². The van der Waals surface area contributed by atoms with Gasteiger partial charge in [0.15, 0.2) is 0 Å². The third-order valence-electron chi connectivity index (χ3n) is 4.43. The fourth-order valence-corrected chi connectivity index (χ4v) is 2.99. The van der Waals surface area contributed by atoms with Gasteiger partial charge in [-0.1, -0.05) is 48.5 Å². The number of aromatic nitrogens is 1. The average molecular weight is 362 g/mol. The molecular formula is C22H22N2O3. The van der Waals surface area contributed by atoms with Crippen molar-refractivity contribution in [3.05, 3.63) is 77.5 Å². The van der Waals surface area contributed by atoms with E-state index in [0.717, 1.165) is 22.0 Å². The van der Waals surface area contributed by atoms with Gasteiger partial charge in [0.25, 0.3) is 0 Å². The Morgan fingerprint density at radius 2 is 1.81 bits per heavy atom. The maximum atomic E-state index is 12.6. The lowest BCUT2D eigenvalue weighted by molar-refractivity contribution is -0.144. The van der Waals surface area contributed by atoms with E-state index in [0.29, 0.717) is 12.0 Å². The highest BCUT2D eigenvalue weighted by atomic mass is 16.5. The standard InChI is InChI=1S/C22H22N2O3/c1-15(12-16-8-4-3-5-9-16)21(25)24-20(22(26)27-2)13-17-14-23-19-11-7-6-10-18(17)19/h3-12,14,20,23H,13H2,1-2H3,(H,24,25)/t20-/m0/s1. The minimum Gasteiger partial charge on any atom is -0.467 e. The molecule has 0 fully saturated rings. The normalized spacial score (nSPS) is 12.6. The van der Waals surface area contributed by atoms with Crippen LogP contribution >= 0.6 is 0 Å². The second-order valence-corrected chi connectivity index (χ2v) is 6.35. The van der Waals surface area contributed by atoms with Gasteiger partial charge in [0.2, 0.25) is 5.91 Å². The van der Waals surface area contributed by atoms with Crippen LogP contribution in [0, 0.1) is 0 Å². The van der Waals surface area contributed by atoms with Gasteiger partial charge in [0.05, 0.1) is 7.11 Å². The highest BCUT2D eigenvalue weighted by Gasteiger charge is 2.23. The van der Waals surface area contributed by atoms with Crippen molar-refractivity contribution in [2.75, 3.05) is 7.11 Å². The first-order chi connectivity index (χ1) is 13.1. The van der Waals surface area contributed by atoms with Crippen LogP contribution in [-0.2, 0) is 20.7 Å². The zero-order valence-electron chi connectivity index (χ0n) is 15.4. The molecule has 0 saturated heterocycles. The minimum absolute atomic E-state index is 0.297. The van der Waals surface area contributed by atoms with Crippen LogP contribution in [0.15, 0.2) is 66.4 Å². The summed E-state index contributed by atoms with van der Waals surface area (Å²) < 4.78 is 4.89. The topological polar surface area (TPSA) is 71.2 Å².